The maximum Gasteiger partial charge on any atom is 0.326 e. The Morgan fingerprint density at radius 2 is 1.59 bits per heavy atom. The molecule has 0 bridgehead atoms. The van der Waals surface area contributed by atoms with E-state index in [2.05, 4.69) is 0 Å². The Bertz CT molecular complexity index is 427. The van der Waals surface area contributed by atoms with E-state index in [4.69, 9.17) is 5.11 Å². The number of hydrogen-bond acceptors (Lipinski definition) is 1. The van der Waals surface area contributed by atoms with E-state index in [1.807, 2.05) is 0 Å². The summed E-state index contributed by atoms with van der Waals surface area (Å²) in [6, 6.07) is 6.51. The van der Waals surface area contributed by atoms with E-state index in [1.54, 1.807) is 0 Å². The van der Waals surface area contributed by atoms with Crippen molar-refractivity contribution < 1.29 is 29.3 Å². The van der Waals surface area contributed by atoms with Gasteiger partial charge < -0.3 is 5.11 Å². The number of aliphatic carboxylic acids is 1. The second-order valence-electron chi connectivity index (χ2n) is 3.55. The van der Waals surface area contributed by atoms with Gasteiger partial charge in [-0.2, -0.15) is 0 Å². The molecule has 98 valence electrons. The molecule has 8 heteroatoms. The predicted molar refractivity (Wildman–Crippen MR) is 54.7 cm³/mol. The summed E-state index contributed by atoms with van der Waals surface area (Å²) in [6.45, 7) is 0. The van der Waals surface area contributed by atoms with E-state index in [0.29, 0.717) is 0 Å². The molecule has 1 aromatic carbocycles. The van der Waals surface area contributed by atoms with E-state index in [-0.39, 0.29) is 5.56 Å². The van der Waals surface area contributed by atoms with Crippen LogP contribution in [0.15, 0.2) is 30.3 Å². The number of benzene rings is 1. The van der Waals surface area contributed by atoms with Gasteiger partial charge in [0, 0.05) is 6.42 Å². The van der Waals surface area contributed by atoms with Gasteiger partial charge in [-0.15, -0.1) is 0 Å². The van der Waals surface area contributed by atoms with Gasteiger partial charge >= 0.3 is 5.97 Å². The molecule has 1 atom stereocenters. The predicted octanol–water partition coefficient (Wildman–Crippen LogP) is 3.98. The second-order valence-corrected chi connectivity index (χ2v) is 6.17. The zero-order valence-electron chi connectivity index (χ0n) is 8.32. The molecule has 0 aliphatic carbocycles. The van der Waals surface area contributed by atoms with Crippen LogP contribution in [0.5, 0.6) is 0 Å². The molecule has 0 amide bonds. The highest BCUT2D eigenvalue weighted by Crippen LogP contribution is 3.00. The lowest BCUT2D eigenvalue weighted by molar-refractivity contribution is -0.137. The van der Waals surface area contributed by atoms with Gasteiger partial charge in [-0.05, 0) is 5.56 Å². The quantitative estimate of drug-likeness (QED) is 0.844. The van der Waals surface area contributed by atoms with Gasteiger partial charge in [0.1, 0.15) is 0 Å². The third kappa shape index (κ3) is 3.88. The van der Waals surface area contributed by atoms with Crippen LogP contribution < -0.4 is 0 Å². The van der Waals surface area contributed by atoms with E-state index in [9.17, 15) is 24.2 Å². The van der Waals surface area contributed by atoms with Crippen molar-refractivity contribution in [2.45, 2.75) is 11.7 Å². The highest BCUT2D eigenvalue weighted by Gasteiger charge is 2.72. The minimum absolute atomic E-state index is 0.104. The summed E-state index contributed by atoms with van der Waals surface area (Å²) in [7, 11) is -10.0. The minimum Gasteiger partial charge on any atom is -0.480 e. The van der Waals surface area contributed by atoms with Crippen molar-refractivity contribution >= 4 is 16.2 Å². The van der Waals surface area contributed by atoms with Crippen molar-refractivity contribution in [3.8, 4) is 0 Å². The molecule has 0 aliphatic heterocycles. The molecule has 17 heavy (non-hydrogen) atoms. The molecule has 0 saturated heterocycles. The lowest BCUT2D eigenvalue weighted by Crippen LogP contribution is -2.35. The largest absolute Gasteiger partial charge is 0.480 e. The first kappa shape index (κ1) is 13.8. The summed E-state index contributed by atoms with van der Waals surface area (Å²) in [5.41, 5.74) is -0.104. The molecule has 1 N–H and O–H groups in total. The molecule has 0 aliphatic rings. The zero-order chi connectivity index (χ0) is 13.4. The van der Waals surface area contributed by atoms with E-state index in [0.717, 1.165) is 0 Å². The summed E-state index contributed by atoms with van der Waals surface area (Å²) in [5.74, 6) is -2.56. The fourth-order valence-electron chi connectivity index (χ4n) is 1.26. The molecule has 1 rings (SSSR count). The van der Waals surface area contributed by atoms with E-state index < -0.39 is 27.9 Å². The topological polar surface area (TPSA) is 37.3 Å². The number of rotatable bonds is 4. The second kappa shape index (κ2) is 3.34. The maximum absolute atomic E-state index is 12.4. The molecular weight excluding hydrogens is 267 g/mol. The molecular formula is C9H9F5O2S. The zero-order valence-corrected chi connectivity index (χ0v) is 9.14. The van der Waals surface area contributed by atoms with Gasteiger partial charge in [0.2, 0.25) is 0 Å². The van der Waals surface area contributed by atoms with Crippen LogP contribution in [0.1, 0.15) is 5.56 Å². The van der Waals surface area contributed by atoms with Crippen molar-refractivity contribution in [1.82, 2.24) is 0 Å². The van der Waals surface area contributed by atoms with Gasteiger partial charge in [0.05, 0.1) is 0 Å². The first-order valence-electron chi connectivity index (χ1n) is 4.40. The van der Waals surface area contributed by atoms with Gasteiger partial charge in [0.15, 0.2) is 5.25 Å². The first-order chi connectivity index (χ1) is 7.40. The molecule has 0 aromatic heterocycles. The molecule has 0 heterocycles. The minimum atomic E-state index is -10.0. The van der Waals surface area contributed by atoms with Crippen LogP contribution in [0.25, 0.3) is 0 Å². The Hall–Kier alpha value is -1.31. The van der Waals surface area contributed by atoms with Gasteiger partial charge in [-0.25, -0.2) is 0 Å². The SMILES string of the molecule is O=C(O)C(Cc1ccccc1)S(F)(F)(F)(F)F. The maximum atomic E-state index is 12.4. The molecule has 1 aromatic rings. The lowest BCUT2D eigenvalue weighted by Gasteiger charge is -2.44. The summed E-state index contributed by atoms with van der Waals surface area (Å²) in [4.78, 5) is 10.4. The van der Waals surface area contributed by atoms with Crippen LogP contribution in [0, 0.1) is 0 Å². The van der Waals surface area contributed by atoms with Crippen molar-refractivity contribution in [1.29, 1.82) is 0 Å². The highest BCUT2D eigenvalue weighted by atomic mass is 32.5. The number of halogens is 5. The Morgan fingerprint density at radius 3 is 1.94 bits per heavy atom. The summed E-state index contributed by atoms with van der Waals surface area (Å²) in [6.07, 6.45) is -1.27. The Morgan fingerprint density at radius 1 is 1.12 bits per heavy atom. The highest BCUT2D eigenvalue weighted by molar-refractivity contribution is 8.46. The first-order valence-corrected chi connectivity index (χ1v) is 6.41. The third-order valence-electron chi connectivity index (χ3n) is 2.08. The van der Waals surface area contributed by atoms with Crippen molar-refractivity contribution in [3.05, 3.63) is 35.9 Å². The molecule has 2 nitrogen and oxygen atoms in total. The summed E-state index contributed by atoms with van der Waals surface area (Å²) in [5, 5.41) is 4.67. The Kier molecular flexibility index (Phi) is 2.71. The van der Waals surface area contributed by atoms with Gasteiger partial charge in [0.25, 0.3) is 10.2 Å². The number of carboxylic acid groups (broad SMARTS) is 1. The summed E-state index contributed by atoms with van der Waals surface area (Å²) >= 11 is 0. The van der Waals surface area contributed by atoms with Crippen LogP contribution in [0.4, 0.5) is 19.4 Å². The molecule has 0 fully saturated rings. The number of hydrogen-bond donors (Lipinski definition) is 1. The van der Waals surface area contributed by atoms with Crippen molar-refractivity contribution in [2.24, 2.45) is 0 Å². The smallest absolute Gasteiger partial charge is 0.326 e. The van der Waals surface area contributed by atoms with Crippen LogP contribution in [0.3, 0.4) is 0 Å². The lowest BCUT2D eigenvalue weighted by atomic mass is 10.1. The summed E-state index contributed by atoms with van der Waals surface area (Å²) < 4.78 is 62.2. The van der Waals surface area contributed by atoms with E-state index >= 15 is 0 Å². The molecule has 0 radical (unpaired) electrons. The van der Waals surface area contributed by atoms with Gasteiger partial charge in [-0.1, -0.05) is 49.8 Å². The standard InChI is InChI=1S/C9H9F5O2S/c10-17(11,12,13,14)8(9(15)16)6-7-4-2-1-3-5-7/h1-5,8H,6H2,(H,15,16). The normalized spacial score (nSPS) is 17.9. The number of carbonyl (C=O) groups is 1. The fourth-order valence-corrected chi connectivity index (χ4v) is 2.15. The van der Waals surface area contributed by atoms with Crippen LogP contribution >= 0.6 is 10.2 Å². The molecule has 0 spiro atoms. The molecule has 0 saturated carbocycles. The van der Waals surface area contributed by atoms with Crippen molar-refractivity contribution in [3.63, 3.8) is 0 Å². The Balaban J connectivity index is 3.11. The van der Waals surface area contributed by atoms with Crippen LogP contribution in [-0.2, 0) is 11.2 Å². The van der Waals surface area contributed by atoms with E-state index in [1.165, 1.54) is 30.3 Å². The van der Waals surface area contributed by atoms with Gasteiger partial charge in [-0.3, -0.25) is 4.79 Å². The Labute approximate surface area is 93.8 Å². The molecule has 1 unspecified atom stereocenters. The average molecular weight is 276 g/mol. The van der Waals surface area contributed by atoms with Crippen LogP contribution in [-0.4, -0.2) is 16.3 Å². The third-order valence-corrected chi connectivity index (χ3v) is 3.52. The van der Waals surface area contributed by atoms with Crippen LogP contribution in [0.2, 0.25) is 0 Å². The number of carboxylic acids is 1. The van der Waals surface area contributed by atoms with Crippen molar-refractivity contribution in [2.75, 3.05) is 0 Å². The average Bonchev–Trinajstić information content (AvgIpc) is 2.11. The monoisotopic (exact) mass is 276 g/mol. The fraction of sp³-hybridized carbons (Fsp3) is 0.222.